The van der Waals surface area contributed by atoms with Crippen molar-refractivity contribution in [2.75, 3.05) is 33.2 Å². The van der Waals surface area contributed by atoms with Gasteiger partial charge in [0.2, 0.25) is 0 Å². The van der Waals surface area contributed by atoms with Crippen LogP contribution in [0.3, 0.4) is 0 Å². The molecule has 11 heteroatoms. The van der Waals surface area contributed by atoms with Crippen LogP contribution in [0.1, 0.15) is 58.2 Å². The number of nitrogens with one attached hydrogen (secondary N) is 3. The van der Waals surface area contributed by atoms with E-state index in [0.29, 0.717) is 37.6 Å². The molecular weight excluding hydrogens is 580 g/mol. The van der Waals surface area contributed by atoms with E-state index in [4.69, 9.17) is 16.3 Å². The van der Waals surface area contributed by atoms with Crippen molar-refractivity contribution in [3.8, 4) is 0 Å². The predicted molar refractivity (Wildman–Crippen MR) is 177 cm³/mol. The number of fused-ring (bicyclic) bond motifs is 1. The molecular formula is C33H47ClN6O4. The SMILES string of the molecule is C=C1C/C=C(/[C@H](/C=C/NC=NC)NC(=O)C(C)(C)O)c2cc(Cl)ccc2[C@H](N2CCN(C(=O)OC(C)C)CC2)C1N/C=C\C. The van der Waals surface area contributed by atoms with Gasteiger partial charge < -0.3 is 30.7 Å². The van der Waals surface area contributed by atoms with E-state index in [1.54, 1.807) is 18.1 Å². The molecule has 0 saturated carbocycles. The first-order valence-corrected chi connectivity index (χ1v) is 15.4. The first-order chi connectivity index (χ1) is 20.9. The quantitative estimate of drug-likeness (QED) is 0.173. The third-order valence-electron chi connectivity index (χ3n) is 7.50. The topological polar surface area (TPSA) is 119 Å². The molecule has 1 aromatic carbocycles. The zero-order chi connectivity index (χ0) is 32.4. The Bertz CT molecular complexity index is 1290. The highest BCUT2D eigenvalue weighted by Crippen LogP contribution is 2.40. The van der Waals surface area contributed by atoms with Crippen molar-refractivity contribution < 1.29 is 19.4 Å². The fourth-order valence-corrected chi connectivity index (χ4v) is 5.48. The zero-order valence-corrected chi connectivity index (χ0v) is 27.4. The summed E-state index contributed by atoms with van der Waals surface area (Å²) in [7, 11) is 1.65. The van der Waals surface area contributed by atoms with Crippen LogP contribution >= 0.6 is 11.6 Å². The molecule has 3 rings (SSSR count). The number of ether oxygens (including phenoxy) is 1. The standard InChI is InChI=1S/C33H47ClN6O4/c1-8-14-37-29-23(4)9-11-25(28(13-15-36-21-35-7)38-31(41)33(5,6)43)27-20-24(34)10-12-26(27)30(29)39-16-18-40(19-17-39)32(42)44-22(2)3/h8,10-15,20-22,28-30,37,43H,4,9,16-19H2,1-3,5-7H3,(H,35,36)(H,38,41)/b14-8-,15-13+,25-11+/t28-,29?,30-/m0/s1. The first kappa shape index (κ1) is 34.9. The second-order valence-electron chi connectivity index (χ2n) is 11.7. The molecule has 1 unspecified atom stereocenters. The molecule has 0 aromatic heterocycles. The van der Waals surface area contributed by atoms with Crippen LogP contribution in [0, 0.1) is 0 Å². The van der Waals surface area contributed by atoms with Gasteiger partial charge in [0.15, 0.2) is 0 Å². The van der Waals surface area contributed by atoms with Crippen molar-refractivity contribution in [2.45, 2.75) is 70.9 Å². The largest absolute Gasteiger partial charge is 0.447 e. The first-order valence-electron chi connectivity index (χ1n) is 15.0. The molecule has 240 valence electrons. The van der Waals surface area contributed by atoms with Crippen molar-refractivity contribution in [1.29, 1.82) is 0 Å². The Morgan fingerprint density at radius 2 is 1.91 bits per heavy atom. The van der Waals surface area contributed by atoms with Crippen LogP contribution in [-0.4, -0.2) is 90.3 Å². The summed E-state index contributed by atoms with van der Waals surface area (Å²) in [5.74, 6) is -0.518. The van der Waals surface area contributed by atoms with Gasteiger partial charge in [0.25, 0.3) is 5.91 Å². The van der Waals surface area contributed by atoms with E-state index in [9.17, 15) is 14.7 Å². The van der Waals surface area contributed by atoms with Crippen LogP contribution in [0.2, 0.25) is 5.02 Å². The number of aliphatic hydroxyl groups is 1. The minimum atomic E-state index is -1.59. The fraction of sp³-hybridized carbons (Fsp3) is 0.485. The molecule has 1 aliphatic heterocycles. The number of allylic oxidation sites excluding steroid dienone is 2. The number of piperazine rings is 1. The molecule has 0 spiro atoms. The Kier molecular flexibility index (Phi) is 12.6. The van der Waals surface area contributed by atoms with Gasteiger partial charge in [0.1, 0.15) is 5.60 Å². The van der Waals surface area contributed by atoms with Crippen molar-refractivity contribution in [3.05, 3.63) is 77.1 Å². The lowest BCUT2D eigenvalue weighted by molar-refractivity contribution is -0.136. The lowest BCUT2D eigenvalue weighted by Gasteiger charge is -2.44. The lowest BCUT2D eigenvalue weighted by atomic mass is 9.81. The average Bonchev–Trinajstić information content (AvgIpc) is 2.96. The van der Waals surface area contributed by atoms with Crippen LogP contribution < -0.4 is 16.0 Å². The van der Waals surface area contributed by atoms with Crippen LogP contribution in [-0.2, 0) is 9.53 Å². The number of benzene rings is 1. The van der Waals surface area contributed by atoms with E-state index >= 15 is 0 Å². The van der Waals surface area contributed by atoms with Gasteiger partial charge in [-0.2, -0.15) is 0 Å². The highest BCUT2D eigenvalue weighted by atomic mass is 35.5. The van der Waals surface area contributed by atoms with Crippen LogP contribution in [0.25, 0.3) is 5.57 Å². The third kappa shape index (κ3) is 9.20. The number of carbonyl (C=O) groups excluding carboxylic acids is 2. The molecule has 1 aliphatic carbocycles. The lowest BCUT2D eigenvalue weighted by Crippen LogP contribution is -2.54. The van der Waals surface area contributed by atoms with Crippen molar-refractivity contribution >= 4 is 35.5 Å². The molecule has 10 nitrogen and oxygen atoms in total. The van der Waals surface area contributed by atoms with Crippen molar-refractivity contribution in [3.63, 3.8) is 0 Å². The summed E-state index contributed by atoms with van der Waals surface area (Å²) in [4.78, 5) is 33.8. The van der Waals surface area contributed by atoms with Gasteiger partial charge in [-0.15, -0.1) is 0 Å². The maximum absolute atomic E-state index is 13.1. The molecule has 1 aromatic rings. The fourth-order valence-electron chi connectivity index (χ4n) is 5.30. The molecule has 1 fully saturated rings. The maximum atomic E-state index is 13.1. The summed E-state index contributed by atoms with van der Waals surface area (Å²) in [5, 5.41) is 20.6. The number of carbonyl (C=O) groups is 2. The number of hydrogen-bond acceptors (Lipinski definition) is 7. The number of amides is 2. The van der Waals surface area contributed by atoms with Crippen molar-refractivity contribution in [1.82, 2.24) is 25.8 Å². The molecule has 1 saturated heterocycles. The third-order valence-corrected chi connectivity index (χ3v) is 7.73. The normalized spacial score (nSPS) is 22.0. The number of halogens is 1. The summed E-state index contributed by atoms with van der Waals surface area (Å²) in [6.45, 7) is 15.3. The summed E-state index contributed by atoms with van der Waals surface area (Å²) < 4.78 is 5.45. The second kappa shape index (κ2) is 15.9. The Labute approximate surface area is 266 Å². The monoisotopic (exact) mass is 626 g/mol. The maximum Gasteiger partial charge on any atom is 0.410 e. The number of aliphatic imine (C=N–C) groups is 1. The smallest absolute Gasteiger partial charge is 0.410 e. The molecule has 4 N–H and O–H groups in total. The van der Waals surface area contributed by atoms with Crippen LogP contribution in [0.4, 0.5) is 4.79 Å². The Morgan fingerprint density at radius 1 is 1.20 bits per heavy atom. The van der Waals surface area contributed by atoms with Crippen LogP contribution in [0.15, 0.2) is 66.0 Å². The van der Waals surface area contributed by atoms with Gasteiger partial charge >= 0.3 is 6.09 Å². The molecule has 0 radical (unpaired) electrons. The van der Waals surface area contributed by atoms with Gasteiger partial charge in [-0.05, 0) is 87.7 Å². The van der Waals surface area contributed by atoms with E-state index in [-0.39, 0.29) is 24.3 Å². The zero-order valence-electron chi connectivity index (χ0n) is 26.6. The Balaban J connectivity index is 2.12. The summed E-state index contributed by atoms with van der Waals surface area (Å²) in [6.07, 6.45) is 11.0. The van der Waals surface area contributed by atoms with Gasteiger partial charge in [-0.3, -0.25) is 14.7 Å². The van der Waals surface area contributed by atoms with Gasteiger partial charge in [-0.1, -0.05) is 36.4 Å². The summed E-state index contributed by atoms with van der Waals surface area (Å²) in [6, 6.07) is 4.89. The molecule has 2 aliphatic rings. The molecule has 3 atom stereocenters. The minimum Gasteiger partial charge on any atom is -0.447 e. The minimum absolute atomic E-state index is 0.152. The molecule has 0 bridgehead atoms. The predicted octanol–water partition coefficient (Wildman–Crippen LogP) is 4.40. The number of rotatable bonds is 10. The molecule has 2 amide bonds. The molecule has 44 heavy (non-hydrogen) atoms. The Hall–Kier alpha value is -3.60. The van der Waals surface area contributed by atoms with E-state index < -0.39 is 17.6 Å². The van der Waals surface area contributed by atoms with E-state index in [1.165, 1.54) is 20.2 Å². The average molecular weight is 627 g/mol. The highest BCUT2D eigenvalue weighted by molar-refractivity contribution is 6.30. The van der Waals surface area contributed by atoms with Gasteiger partial charge in [-0.25, -0.2) is 4.79 Å². The summed E-state index contributed by atoms with van der Waals surface area (Å²) >= 11 is 6.62. The number of hydrogen-bond donors (Lipinski definition) is 4. The highest BCUT2D eigenvalue weighted by Gasteiger charge is 2.37. The Morgan fingerprint density at radius 3 is 2.52 bits per heavy atom. The summed E-state index contributed by atoms with van der Waals surface area (Å²) in [5.41, 5.74) is 2.06. The van der Waals surface area contributed by atoms with Crippen LogP contribution in [0.5, 0.6) is 0 Å². The van der Waals surface area contributed by atoms with Gasteiger partial charge in [0.05, 0.1) is 30.6 Å². The van der Waals surface area contributed by atoms with E-state index in [0.717, 1.165) is 22.3 Å². The number of nitrogens with zero attached hydrogens (tertiary/aromatic N) is 3. The van der Waals surface area contributed by atoms with Crippen molar-refractivity contribution in [2.24, 2.45) is 4.99 Å². The van der Waals surface area contributed by atoms with E-state index in [1.807, 2.05) is 57.3 Å². The van der Waals surface area contributed by atoms with E-state index in [2.05, 4.69) is 38.5 Å². The molecule has 1 heterocycles. The second-order valence-corrected chi connectivity index (χ2v) is 12.2. The van der Waals surface area contributed by atoms with Gasteiger partial charge in [0, 0.05) is 44.4 Å².